The highest BCUT2D eigenvalue weighted by atomic mass is 35.5. The van der Waals surface area contributed by atoms with Crippen LogP contribution in [0.4, 0.5) is 0 Å². The van der Waals surface area contributed by atoms with E-state index in [0.717, 1.165) is 6.21 Å². The molecular formula is C13H8ClN3O3. The first-order chi connectivity index (χ1) is 9.61. The van der Waals surface area contributed by atoms with E-state index in [9.17, 15) is 9.59 Å². The lowest BCUT2D eigenvalue weighted by Gasteiger charge is -1.99. The van der Waals surface area contributed by atoms with Gasteiger partial charge in [-0.1, -0.05) is 11.6 Å². The van der Waals surface area contributed by atoms with Crippen LogP contribution < -0.4 is 10.9 Å². The van der Waals surface area contributed by atoms with Gasteiger partial charge in [0.05, 0.1) is 23.2 Å². The van der Waals surface area contributed by atoms with E-state index in [-0.39, 0.29) is 17.4 Å². The number of rotatable bonds is 3. The van der Waals surface area contributed by atoms with E-state index < -0.39 is 5.91 Å². The first-order valence-corrected chi connectivity index (χ1v) is 5.89. The molecule has 0 aliphatic rings. The molecule has 0 fully saturated rings. The maximum atomic E-state index is 12.1. The second kappa shape index (κ2) is 5.99. The zero-order valence-corrected chi connectivity index (χ0v) is 10.8. The van der Waals surface area contributed by atoms with Crippen molar-refractivity contribution in [1.29, 1.82) is 5.26 Å². The molecule has 1 amide bonds. The number of hydrogen-bond donors (Lipinski definition) is 1. The predicted molar refractivity (Wildman–Crippen MR) is 73.5 cm³/mol. The molecule has 0 saturated carbocycles. The van der Waals surface area contributed by atoms with Gasteiger partial charge in [0.2, 0.25) is 5.43 Å². The highest BCUT2D eigenvalue weighted by Gasteiger charge is 2.06. The number of nitrogens with one attached hydrogen (secondary N) is 1. The Balaban J connectivity index is 2.30. The molecule has 100 valence electrons. The second-order valence-corrected chi connectivity index (χ2v) is 4.23. The van der Waals surface area contributed by atoms with Crippen molar-refractivity contribution in [3.63, 3.8) is 0 Å². The van der Waals surface area contributed by atoms with Crippen LogP contribution in [0.2, 0.25) is 5.02 Å². The molecule has 1 aromatic heterocycles. The SMILES string of the molecule is N#CCC(=O)N/N=C/c1coc2ccc(Cl)cc2c1=O. The van der Waals surface area contributed by atoms with Crippen LogP contribution in [-0.4, -0.2) is 12.1 Å². The molecule has 20 heavy (non-hydrogen) atoms. The van der Waals surface area contributed by atoms with E-state index in [4.69, 9.17) is 21.3 Å². The summed E-state index contributed by atoms with van der Waals surface area (Å²) < 4.78 is 5.27. The summed E-state index contributed by atoms with van der Waals surface area (Å²) in [6.45, 7) is 0. The largest absolute Gasteiger partial charge is 0.463 e. The topological polar surface area (TPSA) is 95.5 Å². The molecule has 0 aliphatic heterocycles. The Morgan fingerprint density at radius 1 is 1.55 bits per heavy atom. The van der Waals surface area contributed by atoms with E-state index in [2.05, 4.69) is 10.5 Å². The standard InChI is InChI=1S/C13H8ClN3O3/c14-9-1-2-11-10(5-9)13(19)8(7-20-11)6-16-17-12(18)3-4-15/h1-2,5-7H,3H2,(H,17,18)/b16-6+. The van der Waals surface area contributed by atoms with Crippen LogP contribution in [0, 0.1) is 11.3 Å². The first kappa shape index (κ1) is 13.8. The van der Waals surface area contributed by atoms with Crippen LogP contribution >= 0.6 is 11.6 Å². The van der Waals surface area contributed by atoms with Crippen LogP contribution in [0.5, 0.6) is 0 Å². The van der Waals surface area contributed by atoms with Crippen molar-refractivity contribution in [3.8, 4) is 6.07 Å². The van der Waals surface area contributed by atoms with Gasteiger partial charge < -0.3 is 4.42 Å². The third kappa shape index (κ3) is 3.02. The number of halogens is 1. The summed E-state index contributed by atoms with van der Waals surface area (Å²) in [5, 5.41) is 12.6. The van der Waals surface area contributed by atoms with Gasteiger partial charge in [-0.05, 0) is 18.2 Å². The van der Waals surface area contributed by atoms with Gasteiger partial charge in [-0.25, -0.2) is 5.43 Å². The Morgan fingerprint density at radius 3 is 3.10 bits per heavy atom. The third-order valence-electron chi connectivity index (χ3n) is 2.39. The van der Waals surface area contributed by atoms with Crippen molar-refractivity contribution in [2.24, 2.45) is 5.10 Å². The van der Waals surface area contributed by atoms with Crippen LogP contribution in [0.3, 0.4) is 0 Å². The summed E-state index contributed by atoms with van der Waals surface area (Å²) in [4.78, 5) is 23.1. The maximum absolute atomic E-state index is 12.1. The van der Waals surface area contributed by atoms with Crippen molar-refractivity contribution < 1.29 is 9.21 Å². The summed E-state index contributed by atoms with van der Waals surface area (Å²) in [5.41, 5.74) is 2.38. The van der Waals surface area contributed by atoms with Crippen LogP contribution in [-0.2, 0) is 4.79 Å². The number of amides is 1. The number of carbonyl (C=O) groups is 1. The number of benzene rings is 1. The molecule has 2 aromatic rings. The van der Waals surface area contributed by atoms with Gasteiger partial charge in [0, 0.05) is 5.02 Å². The Bertz CT molecular complexity index is 790. The molecule has 6 nitrogen and oxygen atoms in total. The van der Waals surface area contributed by atoms with Gasteiger partial charge in [-0.15, -0.1) is 0 Å². The number of hydrazone groups is 1. The molecule has 1 aromatic carbocycles. The Kier molecular flexibility index (Phi) is 4.13. The summed E-state index contributed by atoms with van der Waals surface area (Å²) in [6.07, 6.45) is 2.08. The fraction of sp³-hybridized carbons (Fsp3) is 0.0769. The molecule has 0 radical (unpaired) electrons. The van der Waals surface area contributed by atoms with Gasteiger partial charge >= 0.3 is 0 Å². The number of carbonyl (C=O) groups excluding carboxylic acids is 1. The van der Waals surface area contributed by atoms with E-state index in [0.29, 0.717) is 16.0 Å². The highest BCUT2D eigenvalue weighted by Crippen LogP contribution is 2.16. The van der Waals surface area contributed by atoms with Gasteiger partial charge in [0.15, 0.2) is 0 Å². The highest BCUT2D eigenvalue weighted by molar-refractivity contribution is 6.31. The molecule has 0 aliphatic carbocycles. The van der Waals surface area contributed by atoms with E-state index in [1.165, 1.54) is 12.3 Å². The molecule has 0 saturated heterocycles. The summed E-state index contributed by atoms with van der Waals surface area (Å²) in [6, 6.07) is 6.38. The minimum absolute atomic E-state index is 0.164. The minimum atomic E-state index is -0.558. The minimum Gasteiger partial charge on any atom is -0.463 e. The molecule has 2 rings (SSSR count). The van der Waals surface area contributed by atoms with Crippen molar-refractivity contribution in [1.82, 2.24) is 5.43 Å². The smallest absolute Gasteiger partial charge is 0.254 e. The maximum Gasteiger partial charge on any atom is 0.254 e. The molecule has 7 heteroatoms. The quantitative estimate of drug-likeness (QED) is 0.688. The number of nitrogens with zero attached hydrogens (tertiary/aromatic N) is 2. The lowest BCUT2D eigenvalue weighted by molar-refractivity contribution is -0.120. The number of fused-ring (bicyclic) bond motifs is 1. The van der Waals surface area contributed by atoms with Gasteiger partial charge in [-0.2, -0.15) is 10.4 Å². The normalized spacial score (nSPS) is 10.6. The third-order valence-corrected chi connectivity index (χ3v) is 2.63. The number of hydrogen-bond acceptors (Lipinski definition) is 5. The van der Waals surface area contributed by atoms with Gasteiger partial charge in [-0.3, -0.25) is 9.59 Å². The van der Waals surface area contributed by atoms with Crippen LogP contribution in [0.25, 0.3) is 11.0 Å². The summed E-state index contributed by atoms with van der Waals surface area (Å²) in [5.74, 6) is -0.558. The second-order valence-electron chi connectivity index (χ2n) is 3.79. The van der Waals surface area contributed by atoms with Crippen molar-refractivity contribution in [3.05, 3.63) is 45.3 Å². The fourth-order valence-electron chi connectivity index (χ4n) is 1.49. The van der Waals surface area contributed by atoms with Crippen LogP contribution in [0.1, 0.15) is 12.0 Å². The monoisotopic (exact) mass is 289 g/mol. The molecule has 0 atom stereocenters. The summed E-state index contributed by atoms with van der Waals surface area (Å²) in [7, 11) is 0. The fourth-order valence-corrected chi connectivity index (χ4v) is 1.66. The molecule has 0 unspecified atom stereocenters. The van der Waals surface area contributed by atoms with E-state index in [1.807, 2.05) is 0 Å². The van der Waals surface area contributed by atoms with Crippen molar-refractivity contribution >= 4 is 34.7 Å². The molecule has 0 bridgehead atoms. The lowest BCUT2D eigenvalue weighted by atomic mass is 10.2. The zero-order valence-electron chi connectivity index (χ0n) is 10.1. The molecule has 1 heterocycles. The first-order valence-electron chi connectivity index (χ1n) is 5.51. The lowest BCUT2D eigenvalue weighted by Crippen LogP contribution is -2.17. The van der Waals surface area contributed by atoms with E-state index in [1.54, 1.807) is 18.2 Å². The molecular weight excluding hydrogens is 282 g/mol. The van der Waals surface area contributed by atoms with Gasteiger partial charge in [0.25, 0.3) is 5.91 Å². The van der Waals surface area contributed by atoms with E-state index >= 15 is 0 Å². The van der Waals surface area contributed by atoms with Crippen LogP contribution in [0.15, 0.2) is 38.8 Å². The van der Waals surface area contributed by atoms with Crippen molar-refractivity contribution in [2.75, 3.05) is 0 Å². The summed E-state index contributed by atoms with van der Waals surface area (Å²) >= 11 is 5.82. The van der Waals surface area contributed by atoms with Crippen molar-refractivity contribution in [2.45, 2.75) is 6.42 Å². The Morgan fingerprint density at radius 2 is 2.35 bits per heavy atom. The average molecular weight is 290 g/mol. The molecule has 0 spiro atoms. The Labute approximate surface area is 118 Å². The Hall–Kier alpha value is -2.65. The predicted octanol–water partition coefficient (Wildman–Crippen LogP) is 1.81. The number of nitriles is 1. The molecule has 1 N–H and O–H groups in total. The zero-order chi connectivity index (χ0) is 14.5. The average Bonchev–Trinajstić information content (AvgIpc) is 2.42. The van der Waals surface area contributed by atoms with Gasteiger partial charge in [0.1, 0.15) is 18.3 Å².